The Morgan fingerprint density at radius 3 is 2.77 bits per heavy atom. The number of H-pyrrole nitrogens is 1. The first-order valence-electron chi connectivity index (χ1n) is 9.50. The van der Waals surface area contributed by atoms with E-state index in [0.717, 1.165) is 16.0 Å². The molecule has 31 heavy (non-hydrogen) atoms. The first-order valence-corrected chi connectivity index (χ1v) is 10.4. The number of hydrazone groups is 1. The molecule has 7 nitrogen and oxygen atoms in total. The van der Waals surface area contributed by atoms with Gasteiger partial charge in [0.25, 0.3) is 5.91 Å². The average Bonchev–Trinajstić information content (AvgIpc) is 3.51. The molecular formula is C23H20N4O3S. The zero-order valence-electron chi connectivity index (χ0n) is 16.7. The topological polar surface area (TPSA) is 88.6 Å². The van der Waals surface area contributed by atoms with Crippen molar-refractivity contribution in [2.24, 2.45) is 5.10 Å². The van der Waals surface area contributed by atoms with Crippen LogP contribution in [0.15, 0.2) is 77.2 Å². The summed E-state index contributed by atoms with van der Waals surface area (Å²) < 4.78 is 11.4. The van der Waals surface area contributed by atoms with Gasteiger partial charge in [-0.15, -0.1) is 11.3 Å². The van der Waals surface area contributed by atoms with Crippen LogP contribution in [0.25, 0.3) is 11.3 Å². The molecule has 4 aromatic rings. The lowest BCUT2D eigenvalue weighted by Gasteiger charge is -2.11. The van der Waals surface area contributed by atoms with Crippen LogP contribution in [-0.4, -0.2) is 29.4 Å². The van der Waals surface area contributed by atoms with Crippen LogP contribution < -0.4 is 14.9 Å². The van der Waals surface area contributed by atoms with Crippen LogP contribution in [0.4, 0.5) is 0 Å². The quantitative estimate of drug-likeness (QED) is 0.317. The number of hydrogen-bond acceptors (Lipinski definition) is 6. The van der Waals surface area contributed by atoms with Crippen LogP contribution >= 0.6 is 11.3 Å². The third kappa shape index (κ3) is 5.18. The first-order chi connectivity index (χ1) is 15.2. The van der Waals surface area contributed by atoms with Gasteiger partial charge in [-0.25, -0.2) is 5.43 Å². The SMILES string of the molecule is COc1cc(-c2cc(C(=O)NN=Cc3cccs3)[nH]n2)ccc1OCc1ccccc1. The Bertz CT molecular complexity index is 1170. The Labute approximate surface area is 183 Å². The Hall–Kier alpha value is -3.91. The molecule has 8 heteroatoms. The smallest absolute Gasteiger partial charge is 0.289 e. The first kappa shape index (κ1) is 20.4. The molecule has 0 fully saturated rings. The van der Waals surface area contributed by atoms with Gasteiger partial charge in [-0.1, -0.05) is 36.4 Å². The molecule has 2 aromatic carbocycles. The van der Waals surface area contributed by atoms with E-state index in [9.17, 15) is 4.79 Å². The molecule has 2 heterocycles. The number of nitrogens with zero attached hydrogens (tertiary/aromatic N) is 2. The molecule has 0 unspecified atom stereocenters. The number of nitrogens with one attached hydrogen (secondary N) is 2. The minimum atomic E-state index is -0.374. The van der Waals surface area contributed by atoms with E-state index in [0.29, 0.717) is 29.5 Å². The summed E-state index contributed by atoms with van der Waals surface area (Å²) in [7, 11) is 1.59. The van der Waals surface area contributed by atoms with E-state index in [1.807, 2.05) is 66.0 Å². The second-order valence-electron chi connectivity index (χ2n) is 6.52. The molecule has 0 aliphatic heterocycles. The maximum Gasteiger partial charge on any atom is 0.289 e. The van der Waals surface area contributed by atoms with E-state index in [2.05, 4.69) is 20.7 Å². The van der Waals surface area contributed by atoms with Crippen molar-refractivity contribution in [3.63, 3.8) is 0 Å². The lowest BCUT2D eigenvalue weighted by atomic mass is 10.1. The normalized spacial score (nSPS) is 10.9. The molecule has 0 aliphatic carbocycles. The lowest BCUT2D eigenvalue weighted by molar-refractivity contribution is 0.0950. The van der Waals surface area contributed by atoms with Crippen molar-refractivity contribution in [1.29, 1.82) is 0 Å². The molecule has 0 bridgehead atoms. The van der Waals surface area contributed by atoms with E-state index in [4.69, 9.17) is 9.47 Å². The third-order valence-corrected chi connectivity index (χ3v) is 5.23. The highest BCUT2D eigenvalue weighted by atomic mass is 32.1. The number of carbonyl (C=O) groups is 1. The molecule has 0 saturated carbocycles. The molecule has 2 N–H and O–H groups in total. The van der Waals surface area contributed by atoms with Gasteiger partial charge in [-0.05, 0) is 41.3 Å². The average molecular weight is 433 g/mol. The van der Waals surface area contributed by atoms with Crippen molar-refractivity contribution >= 4 is 23.5 Å². The fraction of sp³-hybridized carbons (Fsp3) is 0.0870. The number of carbonyl (C=O) groups excluding carboxylic acids is 1. The van der Waals surface area contributed by atoms with Crippen molar-refractivity contribution in [1.82, 2.24) is 15.6 Å². The van der Waals surface area contributed by atoms with E-state index in [1.165, 1.54) is 11.3 Å². The highest BCUT2D eigenvalue weighted by molar-refractivity contribution is 7.11. The molecule has 1 amide bonds. The van der Waals surface area contributed by atoms with Crippen LogP contribution in [-0.2, 0) is 6.61 Å². The monoisotopic (exact) mass is 432 g/mol. The largest absolute Gasteiger partial charge is 0.493 e. The number of benzene rings is 2. The minimum absolute atomic E-state index is 0.307. The van der Waals surface area contributed by atoms with E-state index in [1.54, 1.807) is 19.4 Å². The summed E-state index contributed by atoms with van der Waals surface area (Å²) in [4.78, 5) is 13.2. The van der Waals surface area contributed by atoms with Crippen molar-refractivity contribution in [2.75, 3.05) is 7.11 Å². The Morgan fingerprint density at radius 1 is 1.13 bits per heavy atom. The Kier molecular flexibility index (Phi) is 6.39. The third-order valence-electron chi connectivity index (χ3n) is 4.42. The summed E-state index contributed by atoms with van der Waals surface area (Å²) in [5.41, 5.74) is 5.27. The molecule has 156 valence electrons. The number of thiophene rings is 1. The van der Waals surface area contributed by atoms with E-state index >= 15 is 0 Å². The lowest BCUT2D eigenvalue weighted by Crippen LogP contribution is -2.17. The number of hydrogen-bond donors (Lipinski definition) is 2. The van der Waals surface area contributed by atoms with Crippen LogP contribution in [0.2, 0.25) is 0 Å². The molecule has 0 radical (unpaired) electrons. The second-order valence-corrected chi connectivity index (χ2v) is 7.50. The Morgan fingerprint density at radius 2 is 2.00 bits per heavy atom. The molecule has 0 atom stereocenters. The molecule has 0 saturated heterocycles. The molecular weight excluding hydrogens is 412 g/mol. The zero-order chi connectivity index (χ0) is 21.5. The highest BCUT2D eigenvalue weighted by Crippen LogP contribution is 2.32. The maximum atomic E-state index is 12.3. The van der Waals surface area contributed by atoms with Gasteiger partial charge < -0.3 is 9.47 Å². The van der Waals surface area contributed by atoms with Crippen LogP contribution in [0, 0.1) is 0 Å². The van der Waals surface area contributed by atoms with Gasteiger partial charge in [0.1, 0.15) is 12.3 Å². The van der Waals surface area contributed by atoms with E-state index < -0.39 is 0 Å². The number of ether oxygens (including phenoxy) is 2. The number of methoxy groups -OCH3 is 1. The second kappa shape index (κ2) is 9.73. The van der Waals surface area contributed by atoms with Gasteiger partial charge in [0, 0.05) is 10.4 Å². The summed E-state index contributed by atoms with van der Waals surface area (Å²) in [6.45, 7) is 0.440. The van der Waals surface area contributed by atoms with Gasteiger partial charge in [0.2, 0.25) is 0 Å². The van der Waals surface area contributed by atoms with Gasteiger partial charge in [0.05, 0.1) is 19.0 Å². The molecule has 0 spiro atoms. The van der Waals surface area contributed by atoms with Crippen LogP contribution in [0.3, 0.4) is 0 Å². The number of amides is 1. The van der Waals surface area contributed by atoms with Gasteiger partial charge in [-0.2, -0.15) is 10.2 Å². The van der Waals surface area contributed by atoms with Gasteiger partial charge in [-0.3, -0.25) is 9.89 Å². The summed E-state index contributed by atoms with van der Waals surface area (Å²) in [5.74, 6) is 0.843. The number of aromatic amines is 1. The summed E-state index contributed by atoms with van der Waals surface area (Å²) in [6.07, 6.45) is 1.60. The minimum Gasteiger partial charge on any atom is -0.493 e. The maximum absolute atomic E-state index is 12.3. The molecule has 4 rings (SSSR count). The standard InChI is InChI=1S/C23H20N4O3S/c1-29-22-12-17(9-10-21(22)30-15-16-6-3-2-4-7-16)19-13-20(26-25-19)23(28)27-24-14-18-8-5-11-31-18/h2-14H,15H2,1H3,(H,25,26)(H,27,28). The fourth-order valence-electron chi connectivity index (χ4n) is 2.85. The van der Waals surface area contributed by atoms with Crippen molar-refractivity contribution in [3.8, 4) is 22.8 Å². The van der Waals surface area contributed by atoms with Gasteiger partial charge in [0.15, 0.2) is 11.5 Å². The van der Waals surface area contributed by atoms with E-state index in [-0.39, 0.29) is 5.91 Å². The highest BCUT2D eigenvalue weighted by Gasteiger charge is 2.13. The Balaban J connectivity index is 1.43. The van der Waals surface area contributed by atoms with Crippen molar-refractivity contribution in [3.05, 3.63) is 88.2 Å². The van der Waals surface area contributed by atoms with Crippen molar-refractivity contribution in [2.45, 2.75) is 6.61 Å². The summed E-state index contributed by atoms with van der Waals surface area (Å²) in [6, 6.07) is 20.9. The summed E-state index contributed by atoms with van der Waals surface area (Å²) >= 11 is 1.54. The van der Waals surface area contributed by atoms with Crippen LogP contribution in [0.1, 0.15) is 20.9 Å². The predicted molar refractivity (Wildman–Crippen MR) is 121 cm³/mol. The fourth-order valence-corrected chi connectivity index (χ4v) is 3.43. The van der Waals surface area contributed by atoms with Crippen LogP contribution in [0.5, 0.6) is 11.5 Å². The molecule has 0 aliphatic rings. The number of aromatic nitrogens is 2. The van der Waals surface area contributed by atoms with Gasteiger partial charge >= 0.3 is 0 Å². The molecule has 2 aromatic heterocycles. The number of rotatable bonds is 8. The van der Waals surface area contributed by atoms with Crippen molar-refractivity contribution < 1.29 is 14.3 Å². The summed E-state index contributed by atoms with van der Waals surface area (Å²) in [5, 5.41) is 12.9. The zero-order valence-corrected chi connectivity index (χ0v) is 17.6. The predicted octanol–water partition coefficient (Wildman–Crippen LogP) is 4.49.